The lowest BCUT2D eigenvalue weighted by Crippen LogP contribution is -2.31. The molecule has 0 amide bonds. The number of carbonyl (C=O) groups is 1. The SMILES string of the molecule is CCCCCCCCCCCCCCCCC(CCCCCCCCCCCCCC)C(=O)[O-]. The molecule has 0 aliphatic rings. The maximum absolute atomic E-state index is 11.5. The van der Waals surface area contributed by atoms with Gasteiger partial charge in [-0.1, -0.05) is 181 Å². The highest BCUT2D eigenvalue weighted by molar-refractivity contribution is 5.67. The molecule has 204 valence electrons. The number of aliphatic carboxylic acids is 1. The van der Waals surface area contributed by atoms with Crippen molar-refractivity contribution < 1.29 is 9.90 Å². The van der Waals surface area contributed by atoms with Crippen LogP contribution in [0, 0.1) is 5.92 Å². The molecule has 0 heterocycles. The van der Waals surface area contributed by atoms with Gasteiger partial charge in [0.1, 0.15) is 0 Å². The number of hydrogen-bond donors (Lipinski definition) is 0. The van der Waals surface area contributed by atoms with Crippen LogP contribution in [0.5, 0.6) is 0 Å². The van der Waals surface area contributed by atoms with E-state index >= 15 is 0 Å². The van der Waals surface area contributed by atoms with E-state index < -0.39 is 5.97 Å². The van der Waals surface area contributed by atoms with Crippen molar-refractivity contribution >= 4 is 5.97 Å². The molecule has 0 aromatic rings. The third-order valence-electron chi connectivity index (χ3n) is 7.65. The molecule has 2 heteroatoms. The van der Waals surface area contributed by atoms with Crippen LogP contribution in [0.3, 0.4) is 0 Å². The second kappa shape index (κ2) is 28.7. The lowest BCUT2D eigenvalue weighted by atomic mass is 9.94. The van der Waals surface area contributed by atoms with Gasteiger partial charge in [0.25, 0.3) is 0 Å². The molecule has 1 atom stereocenters. The van der Waals surface area contributed by atoms with Gasteiger partial charge in [-0.25, -0.2) is 0 Å². The van der Waals surface area contributed by atoms with Crippen LogP contribution in [0.1, 0.15) is 194 Å². The van der Waals surface area contributed by atoms with Crippen molar-refractivity contribution in [3.05, 3.63) is 0 Å². The van der Waals surface area contributed by atoms with E-state index in [1.54, 1.807) is 0 Å². The molecule has 34 heavy (non-hydrogen) atoms. The Labute approximate surface area is 215 Å². The van der Waals surface area contributed by atoms with Crippen molar-refractivity contribution in [1.82, 2.24) is 0 Å². The molecule has 0 aliphatic carbocycles. The Kier molecular flexibility index (Phi) is 28.3. The Morgan fingerprint density at radius 1 is 0.412 bits per heavy atom. The summed E-state index contributed by atoms with van der Waals surface area (Å²) in [4.78, 5) is 11.5. The number of unbranched alkanes of at least 4 members (excludes halogenated alkanes) is 24. The maximum Gasteiger partial charge on any atom is 0.0445 e. The van der Waals surface area contributed by atoms with E-state index in [0.717, 1.165) is 25.7 Å². The Bertz CT molecular complexity index is 392. The summed E-state index contributed by atoms with van der Waals surface area (Å²) in [6.07, 6.45) is 36.5. The Balaban J connectivity index is 3.40. The zero-order valence-corrected chi connectivity index (χ0v) is 23.7. The van der Waals surface area contributed by atoms with Gasteiger partial charge in [-0.2, -0.15) is 0 Å². The van der Waals surface area contributed by atoms with Crippen molar-refractivity contribution in [2.75, 3.05) is 0 Å². The number of carbonyl (C=O) groups excluding carboxylic acids is 1. The van der Waals surface area contributed by atoms with E-state index in [1.807, 2.05) is 0 Å². The van der Waals surface area contributed by atoms with Crippen LogP contribution in [0.2, 0.25) is 0 Å². The first kappa shape index (κ1) is 33.5. The van der Waals surface area contributed by atoms with Crippen LogP contribution in [0.25, 0.3) is 0 Å². The molecule has 0 saturated heterocycles. The molecular weight excluding hydrogens is 416 g/mol. The molecule has 1 unspecified atom stereocenters. The van der Waals surface area contributed by atoms with Gasteiger partial charge >= 0.3 is 0 Å². The molecule has 0 fully saturated rings. The van der Waals surface area contributed by atoms with Gasteiger partial charge in [-0.05, 0) is 18.8 Å². The highest BCUT2D eigenvalue weighted by atomic mass is 16.4. The summed E-state index contributed by atoms with van der Waals surface area (Å²) in [5.74, 6) is -1.02. The first-order valence-electron chi connectivity index (χ1n) is 15.9. The zero-order chi connectivity index (χ0) is 25.0. The van der Waals surface area contributed by atoms with Crippen LogP contribution in [-0.4, -0.2) is 5.97 Å². The molecule has 0 aromatic heterocycles. The molecule has 0 radical (unpaired) electrons. The average molecular weight is 480 g/mol. The third kappa shape index (κ3) is 26.1. The Morgan fingerprint density at radius 3 is 0.824 bits per heavy atom. The maximum atomic E-state index is 11.5. The summed E-state index contributed by atoms with van der Waals surface area (Å²) < 4.78 is 0. The molecule has 0 aromatic carbocycles. The van der Waals surface area contributed by atoms with E-state index in [1.165, 1.54) is 154 Å². The molecule has 2 nitrogen and oxygen atoms in total. The predicted molar refractivity (Wildman–Crippen MR) is 149 cm³/mol. The summed E-state index contributed by atoms with van der Waals surface area (Å²) >= 11 is 0. The van der Waals surface area contributed by atoms with Crippen molar-refractivity contribution in [2.45, 2.75) is 194 Å². The summed E-state index contributed by atoms with van der Waals surface area (Å²) in [6, 6.07) is 0. The summed E-state index contributed by atoms with van der Waals surface area (Å²) in [6.45, 7) is 4.55. The van der Waals surface area contributed by atoms with Gasteiger partial charge in [0.15, 0.2) is 0 Å². The van der Waals surface area contributed by atoms with Crippen LogP contribution in [0.4, 0.5) is 0 Å². The Hall–Kier alpha value is -0.530. The van der Waals surface area contributed by atoms with Crippen molar-refractivity contribution in [3.8, 4) is 0 Å². The minimum absolute atomic E-state index is 0.208. The van der Waals surface area contributed by atoms with Crippen LogP contribution in [-0.2, 0) is 4.79 Å². The van der Waals surface area contributed by atoms with Gasteiger partial charge in [0, 0.05) is 5.97 Å². The monoisotopic (exact) mass is 479 g/mol. The number of hydrogen-bond acceptors (Lipinski definition) is 2. The van der Waals surface area contributed by atoms with Gasteiger partial charge in [-0.3, -0.25) is 0 Å². The lowest BCUT2D eigenvalue weighted by Gasteiger charge is -2.17. The Morgan fingerprint density at radius 2 is 0.618 bits per heavy atom. The van der Waals surface area contributed by atoms with Gasteiger partial charge in [-0.15, -0.1) is 0 Å². The van der Waals surface area contributed by atoms with Crippen LogP contribution >= 0.6 is 0 Å². The molecule has 0 aliphatic heterocycles. The number of carboxylic acids is 1. The van der Waals surface area contributed by atoms with E-state index in [9.17, 15) is 9.90 Å². The van der Waals surface area contributed by atoms with E-state index in [-0.39, 0.29) is 5.92 Å². The van der Waals surface area contributed by atoms with E-state index in [4.69, 9.17) is 0 Å². The second-order valence-corrected chi connectivity index (χ2v) is 11.1. The minimum atomic E-state index is -0.808. The zero-order valence-electron chi connectivity index (χ0n) is 23.7. The predicted octanol–water partition coefficient (Wildman–Crippen LogP) is 10.3. The first-order chi connectivity index (χ1) is 16.7. The van der Waals surface area contributed by atoms with E-state index in [2.05, 4.69) is 13.8 Å². The smallest absolute Gasteiger partial charge is 0.0445 e. The highest BCUT2D eigenvalue weighted by Crippen LogP contribution is 2.20. The summed E-state index contributed by atoms with van der Waals surface area (Å²) in [5.41, 5.74) is 0. The number of carboxylic acid groups (broad SMARTS) is 1. The van der Waals surface area contributed by atoms with Gasteiger partial charge < -0.3 is 9.90 Å². The molecule has 0 bridgehead atoms. The fourth-order valence-electron chi connectivity index (χ4n) is 5.20. The van der Waals surface area contributed by atoms with Gasteiger partial charge in [0.05, 0.1) is 0 Å². The molecule has 0 rings (SSSR count). The first-order valence-corrected chi connectivity index (χ1v) is 15.9. The highest BCUT2D eigenvalue weighted by Gasteiger charge is 2.09. The summed E-state index contributed by atoms with van der Waals surface area (Å²) in [5, 5.41) is 11.5. The van der Waals surface area contributed by atoms with Crippen molar-refractivity contribution in [2.24, 2.45) is 5.92 Å². The van der Waals surface area contributed by atoms with Crippen LogP contribution < -0.4 is 5.11 Å². The lowest BCUT2D eigenvalue weighted by molar-refractivity contribution is -0.312. The fraction of sp³-hybridized carbons (Fsp3) is 0.969. The molecule has 0 spiro atoms. The normalized spacial score (nSPS) is 12.3. The third-order valence-corrected chi connectivity index (χ3v) is 7.65. The minimum Gasteiger partial charge on any atom is -0.550 e. The molecule has 0 saturated carbocycles. The second-order valence-electron chi connectivity index (χ2n) is 11.1. The topological polar surface area (TPSA) is 40.1 Å². The molecular formula is C32H63O2-. The standard InChI is InChI=1S/C32H64O2/c1-3-5-7-9-11-13-15-17-18-20-22-24-26-28-30-31(32(33)34)29-27-25-23-21-19-16-14-12-10-8-6-4-2/h31H,3-30H2,1-2H3,(H,33,34)/p-1. The van der Waals surface area contributed by atoms with Crippen molar-refractivity contribution in [1.29, 1.82) is 0 Å². The summed E-state index contributed by atoms with van der Waals surface area (Å²) in [7, 11) is 0. The number of rotatable bonds is 29. The average Bonchev–Trinajstić information content (AvgIpc) is 2.83. The quantitative estimate of drug-likeness (QED) is 0.100. The largest absolute Gasteiger partial charge is 0.550 e. The molecule has 0 N–H and O–H groups in total. The van der Waals surface area contributed by atoms with E-state index in [0.29, 0.717) is 0 Å². The fourth-order valence-corrected chi connectivity index (χ4v) is 5.20. The van der Waals surface area contributed by atoms with Gasteiger partial charge in [0.2, 0.25) is 0 Å². The van der Waals surface area contributed by atoms with Crippen molar-refractivity contribution in [3.63, 3.8) is 0 Å². The van der Waals surface area contributed by atoms with Crippen LogP contribution in [0.15, 0.2) is 0 Å².